The highest BCUT2D eigenvalue weighted by molar-refractivity contribution is 9.10. The Balaban J connectivity index is 1.42. The van der Waals surface area contributed by atoms with E-state index in [0.717, 1.165) is 52.5 Å². The van der Waals surface area contributed by atoms with E-state index in [9.17, 15) is 4.79 Å². The smallest absolute Gasteiger partial charge is 0.259 e. The van der Waals surface area contributed by atoms with Gasteiger partial charge in [-0.1, -0.05) is 57.9 Å². The van der Waals surface area contributed by atoms with Crippen LogP contribution in [0.1, 0.15) is 51.7 Å². The third-order valence-corrected chi connectivity index (χ3v) is 8.38. The zero-order chi connectivity index (χ0) is 27.2. The summed E-state index contributed by atoms with van der Waals surface area (Å²) in [6.45, 7) is 2.75. The minimum absolute atomic E-state index is 0.127. The number of nitrogens with zero attached hydrogens (tertiary/aromatic N) is 1. The molecular weight excluding hydrogens is 596 g/mol. The van der Waals surface area contributed by atoms with Crippen molar-refractivity contribution in [1.29, 1.82) is 0 Å². The highest BCUT2D eigenvalue weighted by Gasteiger charge is 2.25. The Bertz CT molecular complexity index is 1490. The Hall–Kier alpha value is -3.13. The molecule has 1 amide bonds. The molecule has 0 saturated heterocycles. The van der Waals surface area contributed by atoms with E-state index >= 15 is 0 Å². The summed E-state index contributed by atoms with van der Waals surface area (Å²) in [5.74, 6) is 0.918. The Morgan fingerprint density at radius 1 is 1.08 bits per heavy atom. The zero-order valence-electron chi connectivity index (χ0n) is 21.5. The molecule has 8 heteroatoms. The molecule has 1 aliphatic rings. The molecule has 1 aliphatic carbocycles. The van der Waals surface area contributed by atoms with Crippen LogP contribution in [0.4, 0.5) is 10.7 Å². The van der Waals surface area contributed by atoms with Crippen LogP contribution in [0.25, 0.3) is 0 Å². The van der Waals surface area contributed by atoms with Gasteiger partial charge in [0.15, 0.2) is 11.5 Å². The van der Waals surface area contributed by atoms with Crippen LogP contribution in [0.5, 0.6) is 11.5 Å². The lowest BCUT2D eigenvalue weighted by atomic mass is 9.95. The number of benzene rings is 3. The third-order valence-electron chi connectivity index (χ3n) is 6.37. The number of rotatable bonds is 9. The minimum atomic E-state index is -0.127. The monoisotopic (exact) mass is 622 g/mol. The Morgan fingerprint density at radius 2 is 1.85 bits per heavy atom. The van der Waals surface area contributed by atoms with Gasteiger partial charge in [0.1, 0.15) is 11.6 Å². The van der Waals surface area contributed by atoms with Gasteiger partial charge in [0.25, 0.3) is 5.91 Å². The molecule has 39 heavy (non-hydrogen) atoms. The summed E-state index contributed by atoms with van der Waals surface area (Å²) in [5, 5.41) is 4.18. The lowest BCUT2D eigenvalue weighted by Crippen LogP contribution is -2.14. The maximum Gasteiger partial charge on any atom is 0.259 e. The van der Waals surface area contributed by atoms with Crippen molar-refractivity contribution in [3.05, 3.63) is 103 Å². The van der Waals surface area contributed by atoms with E-state index in [0.29, 0.717) is 40.3 Å². The Morgan fingerprint density at radius 3 is 2.62 bits per heavy atom. The number of hydrogen-bond donors (Lipinski definition) is 1. The van der Waals surface area contributed by atoms with Crippen LogP contribution in [0.3, 0.4) is 0 Å². The summed E-state index contributed by atoms with van der Waals surface area (Å²) in [6, 6.07) is 21.1. The third kappa shape index (κ3) is 6.72. The summed E-state index contributed by atoms with van der Waals surface area (Å²) in [4.78, 5) is 19.4. The summed E-state index contributed by atoms with van der Waals surface area (Å²) in [7, 11) is 0. The standard InChI is InChI=1S/C31H28BrClN2O3S/c1-2-37-26-17-21(16-25(33)29(26)38-19-20-12-14-22(32)15-13-20)18-34-31-28(24-10-6-7-11-27(24)39-31)30(36)35-23-8-4-3-5-9-23/h3-5,8-9,12-18H,2,6-7,10-11,19H2,1H3,(H,35,36). The van der Waals surface area contributed by atoms with Gasteiger partial charge in [-0.15, -0.1) is 11.3 Å². The van der Waals surface area contributed by atoms with E-state index in [1.807, 2.05) is 73.7 Å². The van der Waals surface area contributed by atoms with Crippen molar-refractivity contribution in [1.82, 2.24) is 0 Å². The highest BCUT2D eigenvalue weighted by atomic mass is 79.9. The minimum Gasteiger partial charge on any atom is -0.490 e. The summed E-state index contributed by atoms with van der Waals surface area (Å²) in [6.07, 6.45) is 5.82. The predicted octanol–water partition coefficient (Wildman–Crippen LogP) is 9.02. The SMILES string of the molecule is CCOc1cc(C=Nc2sc3c(c2C(=O)Nc2ccccc2)CCCC3)cc(Cl)c1OCc1ccc(Br)cc1. The molecule has 0 radical (unpaired) electrons. The van der Waals surface area contributed by atoms with Crippen LogP contribution in [-0.2, 0) is 19.4 Å². The average molecular weight is 624 g/mol. The van der Waals surface area contributed by atoms with E-state index in [1.54, 1.807) is 17.6 Å². The first-order valence-electron chi connectivity index (χ1n) is 12.9. The van der Waals surface area contributed by atoms with Gasteiger partial charge < -0.3 is 14.8 Å². The second kappa shape index (κ2) is 12.8. The molecule has 1 heterocycles. The normalized spacial score (nSPS) is 12.8. The molecule has 200 valence electrons. The van der Waals surface area contributed by atoms with Crippen molar-refractivity contribution in [2.45, 2.75) is 39.2 Å². The average Bonchev–Trinajstić information content (AvgIpc) is 3.32. The molecule has 0 aliphatic heterocycles. The lowest BCUT2D eigenvalue weighted by Gasteiger charge is -2.14. The highest BCUT2D eigenvalue weighted by Crippen LogP contribution is 2.41. The number of hydrogen-bond acceptors (Lipinski definition) is 5. The van der Waals surface area contributed by atoms with Gasteiger partial charge in [0, 0.05) is 21.3 Å². The van der Waals surface area contributed by atoms with Crippen molar-refractivity contribution in [2.24, 2.45) is 4.99 Å². The molecule has 4 aromatic rings. The molecule has 1 N–H and O–H groups in total. The number of carbonyl (C=O) groups is 1. The molecule has 0 unspecified atom stereocenters. The van der Waals surface area contributed by atoms with Crippen molar-refractivity contribution in [2.75, 3.05) is 11.9 Å². The number of carbonyl (C=O) groups excluding carboxylic acids is 1. The fourth-order valence-electron chi connectivity index (χ4n) is 4.53. The lowest BCUT2D eigenvalue weighted by molar-refractivity contribution is 0.102. The van der Waals surface area contributed by atoms with E-state index < -0.39 is 0 Å². The molecule has 5 nitrogen and oxygen atoms in total. The molecule has 5 rings (SSSR count). The first-order chi connectivity index (χ1) is 19.0. The van der Waals surface area contributed by atoms with E-state index in [2.05, 4.69) is 21.2 Å². The Kier molecular flexibility index (Phi) is 9.02. The second-order valence-corrected chi connectivity index (χ2v) is 11.6. The molecule has 0 spiro atoms. The van der Waals surface area contributed by atoms with Crippen LogP contribution >= 0.6 is 38.9 Å². The van der Waals surface area contributed by atoms with Gasteiger partial charge in [-0.25, -0.2) is 4.99 Å². The number of para-hydroxylation sites is 1. The largest absolute Gasteiger partial charge is 0.490 e. The van der Waals surface area contributed by atoms with Crippen molar-refractivity contribution < 1.29 is 14.3 Å². The topological polar surface area (TPSA) is 59.9 Å². The number of ether oxygens (including phenoxy) is 2. The van der Waals surface area contributed by atoms with Gasteiger partial charge >= 0.3 is 0 Å². The second-order valence-electron chi connectivity index (χ2n) is 9.15. The van der Waals surface area contributed by atoms with Gasteiger partial charge in [-0.3, -0.25) is 4.79 Å². The van der Waals surface area contributed by atoms with E-state index in [1.165, 1.54) is 4.88 Å². The van der Waals surface area contributed by atoms with E-state index in [4.69, 9.17) is 26.1 Å². The zero-order valence-corrected chi connectivity index (χ0v) is 24.7. The number of amides is 1. The summed E-state index contributed by atoms with van der Waals surface area (Å²) in [5.41, 5.74) is 4.34. The van der Waals surface area contributed by atoms with Gasteiger partial charge in [-0.05, 0) is 85.7 Å². The fourth-order valence-corrected chi connectivity index (χ4v) is 6.29. The van der Waals surface area contributed by atoms with Gasteiger partial charge in [0.05, 0.1) is 17.2 Å². The first-order valence-corrected chi connectivity index (χ1v) is 14.9. The summed E-state index contributed by atoms with van der Waals surface area (Å²) < 4.78 is 12.9. The number of halogens is 2. The number of aryl methyl sites for hydroxylation is 1. The number of thiophene rings is 1. The molecule has 1 aromatic heterocycles. The van der Waals surface area contributed by atoms with Crippen LogP contribution < -0.4 is 14.8 Å². The van der Waals surface area contributed by atoms with Crippen LogP contribution in [0, 0.1) is 0 Å². The summed E-state index contributed by atoms with van der Waals surface area (Å²) >= 11 is 11.7. The maximum atomic E-state index is 13.4. The molecule has 0 fully saturated rings. The molecule has 0 atom stereocenters. The molecule has 3 aromatic carbocycles. The number of aliphatic imine (C=N–C) groups is 1. The van der Waals surface area contributed by atoms with Crippen molar-refractivity contribution in [3.63, 3.8) is 0 Å². The molecule has 0 saturated carbocycles. The van der Waals surface area contributed by atoms with Crippen LogP contribution in [0.15, 0.2) is 76.2 Å². The molecule has 0 bridgehead atoms. The van der Waals surface area contributed by atoms with Gasteiger partial charge in [-0.2, -0.15) is 0 Å². The number of fused-ring (bicyclic) bond motifs is 1. The van der Waals surface area contributed by atoms with Crippen molar-refractivity contribution >= 4 is 61.7 Å². The van der Waals surface area contributed by atoms with E-state index in [-0.39, 0.29) is 5.91 Å². The quantitative estimate of drug-likeness (QED) is 0.189. The number of nitrogens with one attached hydrogen (secondary N) is 1. The van der Waals surface area contributed by atoms with Crippen LogP contribution in [-0.4, -0.2) is 18.7 Å². The predicted molar refractivity (Wildman–Crippen MR) is 164 cm³/mol. The first kappa shape index (κ1) is 27.4. The van der Waals surface area contributed by atoms with Gasteiger partial charge in [0.2, 0.25) is 0 Å². The van der Waals surface area contributed by atoms with Crippen LogP contribution in [0.2, 0.25) is 5.02 Å². The fraction of sp³-hybridized carbons (Fsp3) is 0.226. The maximum absolute atomic E-state index is 13.4. The molecular formula is C31H28BrClN2O3S. The number of anilines is 1. The van der Waals surface area contributed by atoms with Crippen molar-refractivity contribution in [3.8, 4) is 11.5 Å². The Labute approximate surface area is 246 Å².